The summed E-state index contributed by atoms with van der Waals surface area (Å²) in [4.78, 5) is 23.9. The molecular formula is C19H12BrN3O2S. The van der Waals surface area contributed by atoms with E-state index in [1.165, 1.54) is 11.8 Å². The lowest BCUT2D eigenvalue weighted by Crippen LogP contribution is -2.28. The highest BCUT2D eigenvalue weighted by Gasteiger charge is 2.35. The number of rotatable bonds is 3. The summed E-state index contributed by atoms with van der Waals surface area (Å²) in [6, 6.07) is 18.5. The molecule has 2 aromatic heterocycles. The molecule has 0 bridgehead atoms. The zero-order chi connectivity index (χ0) is 17.9. The largest absolute Gasteiger partial charge is 0.450 e. The van der Waals surface area contributed by atoms with E-state index in [0.717, 1.165) is 5.69 Å². The van der Waals surface area contributed by atoms with Crippen LogP contribution < -0.4 is 4.90 Å². The molecule has 0 aliphatic carbocycles. The standard InChI is InChI=1S/C19H12BrN3O2S/c20-16-10-9-14(25-16)12-15-18(24)23(13-6-2-1-3-7-13)19(26-15)22-17-8-4-5-11-21-17/h1-12H/b15-12+,22-19+. The number of para-hydroxylation sites is 1. The van der Waals surface area contributed by atoms with Crippen molar-refractivity contribution in [3.63, 3.8) is 0 Å². The number of pyridine rings is 1. The fourth-order valence-electron chi connectivity index (χ4n) is 2.41. The number of furan rings is 1. The minimum atomic E-state index is -0.150. The molecular weight excluding hydrogens is 414 g/mol. The van der Waals surface area contributed by atoms with Gasteiger partial charge in [0.2, 0.25) is 0 Å². The van der Waals surface area contributed by atoms with Crippen molar-refractivity contribution < 1.29 is 9.21 Å². The Hall–Kier alpha value is -2.64. The second-order valence-corrected chi connectivity index (χ2v) is 7.10. The van der Waals surface area contributed by atoms with E-state index in [0.29, 0.717) is 26.3 Å². The predicted octanol–water partition coefficient (Wildman–Crippen LogP) is 5.25. The van der Waals surface area contributed by atoms with E-state index in [1.54, 1.807) is 35.4 Å². The van der Waals surface area contributed by atoms with Crippen molar-refractivity contribution in [1.82, 2.24) is 4.98 Å². The van der Waals surface area contributed by atoms with Crippen molar-refractivity contribution in [3.05, 3.63) is 82.2 Å². The van der Waals surface area contributed by atoms with Gasteiger partial charge in [-0.3, -0.25) is 9.69 Å². The van der Waals surface area contributed by atoms with Crippen LogP contribution in [0.2, 0.25) is 0 Å². The summed E-state index contributed by atoms with van der Waals surface area (Å²) in [6.45, 7) is 0. The zero-order valence-electron chi connectivity index (χ0n) is 13.4. The molecule has 3 aromatic rings. The van der Waals surface area contributed by atoms with E-state index in [2.05, 4.69) is 25.9 Å². The number of carbonyl (C=O) groups is 1. The molecule has 0 saturated carbocycles. The van der Waals surface area contributed by atoms with E-state index < -0.39 is 0 Å². The van der Waals surface area contributed by atoms with Gasteiger partial charge >= 0.3 is 0 Å². The van der Waals surface area contributed by atoms with Crippen LogP contribution in [0.5, 0.6) is 0 Å². The smallest absolute Gasteiger partial charge is 0.271 e. The zero-order valence-corrected chi connectivity index (χ0v) is 15.8. The van der Waals surface area contributed by atoms with Crippen LogP contribution in [0, 0.1) is 0 Å². The Balaban J connectivity index is 1.77. The second kappa shape index (κ2) is 7.31. The fraction of sp³-hybridized carbons (Fsp3) is 0. The van der Waals surface area contributed by atoms with Crippen LogP contribution in [0.3, 0.4) is 0 Å². The number of carbonyl (C=O) groups excluding carboxylic acids is 1. The molecule has 128 valence electrons. The molecule has 0 spiro atoms. The molecule has 26 heavy (non-hydrogen) atoms. The summed E-state index contributed by atoms with van der Waals surface area (Å²) >= 11 is 4.56. The monoisotopic (exact) mass is 425 g/mol. The highest BCUT2D eigenvalue weighted by atomic mass is 79.9. The number of benzene rings is 1. The van der Waals surface area contributed by atoms with Gasteiger partial charge in [0.05, 0.1) is 10.6 Å². The molecule has 1 aliphatic rings. The molecule has 3 heterocycles. The van der Waals surface area contributed by atoms with E-state index in [-0.39, 0.29) is 5.91 Å². The Labute approximate surface area is 162 Å². The number of aliphatic imine (C=N–C) groups is 1. The molecule has 4 rings (SSSR count). The fourth-order valence-corrected chi connectivity index (χ4v) is 3.69. The summed E-state index contributed by atoms with van der Waals surface area (Å²) in [5.74, 6) is 0.994. The lowest BCUT2D eigenvalue weighted by molar-refractivity contribution is -0.113. The Morgan fingerprint density at radius 1 is 1.08 bits per heavy atom. The van der Waals surface area contributed by atoms with Crippen molar-refractivity contribution in [2.75, 3.05) is 4.90 Å². The molecule has 0 unspecified atom stereocenters. The second-order valence-electron chi connectivity index (χ2n) is 5.31. The van der Waals surface area contributed by atoms with E-state index in [1.807, 2.05) is 42.5 Å². The number of amidine groups is 1. The number of thioether (sulfide) groups is 1. The normalized spacial score (nSPS) is 17.4. The highest BCUT2D eigenvalue weighted by Crippen LogP contribution is 2.37. The Kier molecular flexibility index (Phi) is 4.73. The van der Waals surface area contributed by atoms with Gasteiger partial charge in [-0.15, -0.1) is 0 Å². The van der Waals surface area contributed by atoms with Gasteiger partial charge in [-0.1, -0.05) is 24.3 Å². The molecule has 7 heteroatoms. The van der Waals surface area contributed by atoms with Crippen LogP contribution in [-0.2, 0) is 4.79 Å². The summed E-state index contributed by atoms with van der Waals surface area (Å²) < 4.78 is 6.11. The lowest BCUT2D eigenvalue weighted by Gasteiger charge is -2.15. The molecule has 0 radical (unpaired) electrons. The van der Waals surface area contributed by atoms with Gasteiger partial charge in [0.25, 0.3) is 5.91 Å². The first-order valence-electron chi connectivity index (χ1n) is 7.75. The molecule has 0 atom stereocenters. The van der Waals surface area contributed by atoms with Crippen molar-refractivity contribution in [2.45, 2.75) is 0 Å². The maximum Gasteiger partial charge on any atom is 0.271 e. The van der Waals surface area contributed by atoms with Gasteiger partial charge in [0.1, 0.15) is 5.76 Å². The highest BCUT2D eigenvalue weighted by molar-refractivity contribution is 9.10. The third-order valence-electron chi connectivity index (χ3n) is 3.55. The summed E-state index contributed by atoms with van der Waals surface area (Å²) in [5, 5.41) is 0.553. The van der Waals surface area contributed by atoms with Gasteiger partial charge in [-0.05, 0) is 64.1 Å². The number of hydrogen-bond donors (Lipinski definition) is 0. The SMILES string of the molecule is O=C1/C(=C\c2ccc(Br)o2)S/C(=N/c2ccccn2)N1c1ccccc1. The summed E-state index contributed by atoms with van der Waals surface area (Å²) in [7, 11) is 0. The van der Waals surface area contributed by atoms with Crippen LogP contribution >= 0.6 is 27.7 Å². The summed E-state index contributed by atoms with van der Waals surface area (Å²) in [5.41, 5.74) is 0.753. The molecule has 1 saturated heterocycles. The van der Waals surface area contributed by atoms with Gasteiger partial charge < -0.3 is 4.42 Å². The maximum atomic E-state index is 13.0. The van der Waals surface area contributed by atoms with Gasteiger partial charge in [0, 0.05) is 12.3 Å². The van der Waals surface area contributed by atoms with E-state index in [9.17, 15) is 4.79 Å². The number of amides is 1. The Morgan fingerprint density at radius 2 is 1.88 bits per heavy atom. The Morgan fingerprint density at radius 3 is 2.58 bits per heavy atom. The first kappa shape index (κ1) is 16.8. The van der Waals surface area contributed by atoms with Crippen molar-refractivity contribution in [3.8, 4) is 0 Å². The average Bonchev–Trinajstić information content (AvgIpc) is 3.20. The average molecular weight is 426 g/mol. The van der Waals surface area contributed by atoms with Crippen LogP contribution in [0.15, 0.2) is 85.8 Å². The third-order valence-corrected chi connectivity index (χ3v) is 4.94. The first-order chi connectivity index (χ1) is 12.7. The van der Waals surface area contributed by atoms with Crippen LogP contribution in [0.1, 0.15) is 5.76 Å². The molecule has 0 N–H and O–H groups in total. The van der Waals surface area contributed by atoms with Crippen molar-refractivity contribution in [1.29, 1.82) is 0 Å². The predicted molar refractivity (Wildman–Crippen MR) is 107 cm³/mol. The maximum absolute atomic E-state index is 13.0. The van der Waals surface area contributed by atoms with Gasteiger partial charge in [-0.2, -0.15) is 0 Å². The number of anilines is 1. The van der Waals surface area contributed by atoms with Crippen molar-refractivity contribution >= 4 is 56.3 Å². The Bertz CT molecular complexity index is 1000. The van der Waals surface area contributed by atoms with Crippen LogP contribution in [-0.4, -0.2) is 16.1 Å². The quantitative estimate of drug-likeness (QED) is 0.537. The summed E-state index contributed by atoms with van der Waals surface area (Å²) in [6.07, 6.45) is 3.39. The number of aromatic nitrogens is 1. The topological polar surface area (TPSA) is 58.7 Å². The number of hydrogen-bond acceptors (Lipinski definition) is 5. The molecule has 5 nitrogen and oxygen atoms in total. The lowest BCUT2D eigenvalue weighted by atomic mass is 10.3. The van der Waals surface area contributed by atoms with Crippen LogP contribution in [0.25, 0.3) is 6.08 Å². The van der Waals surface area contributed by atoms with E-state index in [4.69, 9.17) is 4.42 Å². The minimum Gasteiger partial charge on any atom is -0.450 e. The van der Waals surface area contributed by atoms with E-state index >= 15 is 0 Å². The van der Waals surface area contributed by atoms with Crippen molar-refractivity contribution in [2.24, 2.45) is 4.99 Å². The van der Waals surface area contributed by atoms with Gasteiger partial charge in [-0.25, -0.2) is 9.98 Å². The molecule has 1 aliphatic heterocycles. The third kappa shape index (κ3) is 3.49. The molecule has 1 amide bonds. The molecule has 1 aromatic carbocycles. The number of halogens is 1. The minimum absolute atomic E-state index is 0.150. The van der Waals surface area contributed by atoms with Gasteiger partial charge in [0.15, 0.2) is 15.7 Å². The first-order valence-corrected chi connectivity index (χ1v) is 9.36. The number of nitrogens with zero attached hydrogens (tertiary/aromatic N) is 3. The van der Waals surface area contributed by atoms with Crippen LogP contribution in [0.4, 0.5) is 11.5 Å². The molecule has 1 fully saturated rings.